The van der Waals surface area contributed by atoms with Crippen LogP contribution in [0.2, 0.25) is 0 Å². The number of ether oxygens (including phenoxy) is 2. The van der Waals surface area contributed by atoms with Crippen LogP contribution in [0, 0.1) is 6.92 Å². The van der Waals surface area contributed by atoms with Gasteiger partial charge in [-0.15, -0.1) is 0 Å². The van der Waals surface area contributed by atoms with E-state index in [4.69, 9.17) is 14.6 Å². The number of fused-ring (bicyclic) bond motifs is 1. The van der Waals surface area contributed by atoms with Crippen LogP contribution in [-0.4, -0.2) is 29.9 Å². The molecule has 0 bridgehead atoms. The van der Waals surface area contributed by atoms with E-state index in [1.54, 1.807) is 14.2 Å². The van der Waals surface area contributed by atoms with E-state index in [0.717, 1.165) is 33.6 Å². The highest BCUT2D eigenvalue weighted by molar-refractivity contribution is 5.97. The molecule has 2 heterocycles. The number of aryl methyl sites for hydroxylation is 1. The highest BCUT2D eigenvalue weighted by atomic mass is 16.5. The molecule has 3 aromatic carbocycles. The third-order valence-corrected chi connectivity index (χ3v) is 6.06. The quantitative estimate of drug-likeness (QED) is 0.456. The average Bonchev–Trinajstić information content (AvgIpc) is 3.23. The van der Waals surface area contributed by atoms with Gasteiger partial charge in [0.15, 0.2) is 0 Å². The van der Waals surface area contributed by atoms with E-state index >= 15 is 0 Å². The van der Waals surface area contributed by atoms with Crippen LogP contribution in [-0.2, 0) is 4.79 Å². The predicted molar refractivity (Wildman–Crippen MR) is 128 cm³/mol. The smallest absolute Gasteiger partial charge is 0.226 e. The van der Waals surface area contributed by atoms with Gasteiger partial charge < -0.3 is 14.8 Å². The molecule has 0 fully saturated rings. The first kappa shape index (κ1) is 20.8. The third kappa shape index (κ3) is 3.74. The molecular formula is C27H25N3O3. The Kier molecular flexibility index (Phi) is 5.34. The maximum Gasteiger partial charge on any atom is 0.226 e. The number of aromatic nitrogens is 2. The average molecular weight is 440 g/mol. The van der Waals surface area contributed by atoms with Crippen molar-refractivity contribution in [2.75, 3.05) is 19.5 Å². The molecule has 6 heteroatoms. The Hall–Kier alpha value is -4.06. The van der Waals surface area contributed by atoms with Crippen molar-refractivity contribution in [3.8, 4) is 28.4 Å². The first-order valence-corrected chi connectivity index (χ1v) is 10.9. The van der Waals surface area contributed by atoms with E-state index in [0.29, 0.717) is 17.3 Å². The number of nitrogens with one attached hydrogen (secondary N) is 1. The first-order valence-electron chi connectivity index (χ1n) is 10.9. The fourth-order valence-electron chi connectivity index (χ4n) is 4.41. The summed E-state index contributed by atoms with van der Waals surface area (Å²) >= 11 is 0. The summed E-state index contributed by atoms with van der Waals surface area (Å²) in [7, 11) is 3.28. The third-order valence-electron chi connectivity index (χ3n) is 6.06. The van der Waals surface area contributed by atoms with Crippen molar-refractivity contribution in [1.29, 1.82) is 0 Å². The van der Waals surface area contributed by atoms with Crippen molar-refractivity contribution in [2.24, 2.45) is 0 Å². The van der Waals surface area contributed by atoms with Gasteiger partial charge >= 0.3 is 0 Å². The molecule has 1 aliphatic rings. The number of rotatable bonds is 5. The zero-order valence-corrected chi connectivity index (χ0v) is 18.8. The van der Waals surface area contributed by atoms with E-state index in [1.807, 2.05) is 84.4 Å². The van der Waals surface area contributed by atoms with Crippen molar-refractivity contribution in [1.82, 2.24) is 9.78 Å². The Morgan fingerprint density at radius 2 is 1.73 bits per heavy atom. The molecule has 4 aromatic rings. The summed E-state index contributed by atoms with van der Waals surface area (Å²) in [5.41, 5.74) is 5.73. The SMILES string of the molecule is COc1ccc(OC)c(C2CC(=O)Nc3c2c(-c2ccccc2)nn3-c2ccc(C)cc2)c1. The molecule has 1 aliphatic heterocycles. The summed E-state index contributed by atoms with van der Waals surface area (Å²) in [4.78, 5) is 12.9. The second kappa shape index (κ2) is 8.47. The van der Waals surface area contributed by atoms with Crippen molar-refractivity contribution < 1.29 is 14.3 Å². The lowest BCUT2D eigenvalue weighted by Crippen LogP contribution is -2.25. The van der Waals surface area contributed by atoms with Crippen LogP contribution < -0.4 is 14.8 Å². The van der Waals surface area contributed by atoms with Crippen molar-refractivity contribution in [3.05, 3.63) is 89.5 Å². The van der Waals surface area contributed by atoms with Gasteiger partial charge in [0.1, 0.15) is 17.3 Å². The summed E-state index contributed by atoms with van der Waals surface area (Å²) in [5.74, 6) is 1.80. The molecule has 0 saturated heterocycles. The fraction of sp³-hybridized carbons (Fsp3) is 0.185. The van der Waals surface area contributed by atoms with Crippen LogP contribution in [0.15, 0.2) is 72.8 Å². The first-order chi connectivity index (χ1) is 16.1. The molecule has 1 unspecified atom stereocenters. The van der Waals surface area contributed by atoms with Gasteiger partial charge in [0, 0.05) is 29.0 Å². The number of amides is 1. The van der Waals surface area contributed by atoms with E-state index in [-0.39, 0.29) is 18.2 Å². The minimum Gasteiger partial charge on any atom is -0.497 e. The maximum absolute atomic E-state index is 12.9. The van der Waals surface area contributed by atoms with E-state index < -0.39 is 0 Å². The Morgan fingerprint density at radius 3 is 2.42 bits per heavy atom. The number of benzene rings is 3. The van der Waals surface area contributed by atoms with Crippen LogP contribution >= 0.6 is 0 Å². The number of carbonyl (C=O) groups is 1. The van der Waals surface area contributed by atoms with Crippen LogP contribution in [0.3, 0.4) is 0 Å². The fourth-order valence-corrected chi connectivity index (χ4v) is 4.41. The number of hydrogen-bond donors (Lipinski definition) is 1. The summed E-state index contributed by atoms with van der Waals surface area (Å²) in [6.45, 7) is 2.05. The van der Waals surface area contributed by atoms with Crippen molar-refractivity contribution in [3.63, 3.8) is 0 Å². The van der Waals surface area contributed by atoms with E-state index in [9.17, 15) is 4.79 Å². The standard InChI is InChI=1S/C27H25N3O3/c1-17-9-11-19(12-10-17)30-27-25(26(29-30)18-7-5-4-6-8-18)22(16-24(31)28-27)21-15-20(32-2)13-14-23(21)33-3/h4-15,22H,16H2,1-3H3,(H,28,31). The maximum atomic E-state index is 12.9. The predicted octanol–water partition coefficient (Wildman–Crippen LogP) is 5.34. The molecule has 6 nitrogen and oxygen atoms in total. The van der Waals surface area contributed by atoms with Gasteiger partial charge in [0.25, 0.3) is 0 Å². The molecule has 0 saturated carbocycles. The van der Waals surface area contributed by atoms with Crippen LogP contribution in [0.4, 0.5) is 5.82 Å². The van der Waals surface area contributed by atoms with Gasteiger partial charge in [0.05, 0.1) is 25.6 Å². The number of carbonyl (C=O) groups excluding carboxylic acids is 1. The number of methoxy groups -OCH3 is 2. The number of hydrogen-bond acceptors (Lipinski definition) is 4. The minimum atomic E-state index is -0.242. The van der Waals surface area contributed by atoms with Crippen LogP contribution in [0.5, 0.6) is 11.5 Å². The zero-order valence-electron chi connectivity index (χ0n) is 18.8. The van der Waals surface area contributed by atoms with Crippen LogP contribution in [0.25, 0.3) is 16.9 Å². The topological polar surface area (TPSA) is 65.4 Å². The highest BCUT2D eigenvalue weighted by Crippen LogP contribution is 2.46. The summed E-state index contributed by atoms with van der Waals surface area (Å²) in [5, 5.41) is 8.09. The highest BCUT2D eigenvalue weighted by Gasteiger charge is 2.36. The van der Waals surface area contributed by atoms with E-state index in [1.165, 1.54) is 0 Å². The Balaban J connectivity index is 1.78. The molecule has 5 rings (SSSR count). The molecule has 166 valence electrons. The molecule has 1 N–H and O–H groups in total. The lowest BCUT2D eigenvalue weighted by atomic mass is 9.83. The Bertz CT molecular complexity index is 1310. The van der Waals surface area contributed by atoms with Crippen molar-refractivity contribution in [2.45, 2.75) is 19.3 Å². The zero-order chi connectivity index (χ0) is 22.9. The largest absolute Gasteiger partial charge is 0.497 e. The second-order valence-corrected chi connectivity index (χ2v) is 8.14. The van der Waals surface area contributed by atoms with Gasteiger partial charge in [-0.2, -0.15) is 5.10 Å². The summed E-state index contributed by atoms with van der Waals surface area (Å²) in [6, 6.07) is 23.9. The minimum absolute atomic E-state index is 0.0646. The number of nitrogens with zero attached hydrogens (tertiary/aromatic N) is 2. The molecule has 1 amide bonds. The van der Waals surface area contributed by atoms with Gasteiger partial charge in [-0.1, -0.05) is 48.0 Å². The second-order valence-electron chi connectivity index (χ2n) is 8.14. The van der Waals surface area contributed by atoms with Gasteiger partial charge in [-0.25, -0.2) is 4.68 Å². The monoisotopic (exact) mass is 439 g/mol. The molecule has 0 spiro atoms. The van der Waals surface area contributed by atoms with Crippen molar-refractivity contribution >= 4 is 11.7 Å². The molecule has 33 heavy (non-hydrogen) atoms. The van der Waals surface area contributed by atoms with Crippen LogP contribution in [0.1, 0.15) is 29.0 Å². The molecular weight excluding hydrogens is 414 g/mol. The molecule has 1 aromatic heterocycles. The number of anilines is 1. The molecule has 1 atom stereocenters. The van der Waals surface area contributed by atoms with Gasteiger partial charge in [-0.3, -0.25) is 4.79 Å². The Morgan fingerprint density at radius 1 is 0.970 bits per heavy atom. The normalized spacial score (nSPS) is 15.0. The van der Waals surface area contributed by atoms with Gasteiger partial charge in [-0.05, 0) is 37.3 Å². The summed E-state index contributed by atoms with van der Waals surface area (Å²) in [6.07, 6.45) is 0.288. The Labute approximate surface area is 192 Å². The lowest BCUT2D eigenvalue weighted by Gasteiger charge is -2.26. The lowest BCUT2D eigenvalue weighted by molar-refractivity contribution is -0.116. The van der Waals surface area contributed by atoms with Gasteiger partial charge in [0.2, 0.25) is 5.91 Å². The molecule has 0 radical (unpaired) electrons. The van der Waals surface area contributed by atoms with E-state index in [2.05, 4.69) is 5.32 Å². The molecule has 0 aliphatic carbocycles. The summed E-state index contributed by atoms with van der Waals surface area (Å²) < 4.78 is 13.0.